The van der Waals surface area contributed by atoms with Gasteiger partial charge in [-0.2, -0.15) is 0 Å². The van der Waals surface area contributed by atoms with Crippen molar-refractivity contribution in [3.63, 3.8) is 0 Å². The number of hydrogen-bond acceptors (Lipinski definition) is 5. The number of aryl methyl sites for hydroxylation is 1. The zero-order valence-corrected chi connectivity index (χ0v) is 15.1. The molecule has 0 spiro atoms. The summed E-state index contributed by atoms with van der Waals surface area (Å²) in [6, 6.07) is 13.6. The minimum atomic E-state index is -2.68. The van der Waals surface area contributed by atoms with Crippen LogP contribution in [0, 0.1) is 6.92 Å². The number of nitrogens with zero attached hydrogens (tertiary/aromatic N) is 4. The van der Waals surface area contributed by atoms with Gasteiger partial charge in [0.2, 0.25) is 0 Å². The Morgan fingerprint density at radius 2 is 1.78 bits per heavy atom. The lowest BCUT2D eigenvalue weighted by atomic mass is 10.0. The van der Waals surface area contributed by atoms with Crippen molar-refractivity contribution in [2.24, 2.45) is 0 Å². The van der Waals surface area contributed by atoms with E-state index >= 15 is 0 Å². The number of hydrogen-bond donors (Lipinski definition) is 1. The smallest absolute Gasteiger partial charge is 0.297 e. The van der Waals surface area contributed by atoms with E-state index in [9.17, 15) is 8.78 Å². The number of rotatable bonds is 4. The van der Waals surface area contributed by atoms with E-state index in [0.29, 0.717) is 17.4 Å². The van der Waals surface area contributed by atoms with Crippen molar-refractivity contribution in [3.05, 3.63) is 54.0 Å². The molecule has 0 unspecified atom stereocenters. The van der Waals surface area contributed by atoms with E-state index in [4.69, 9.17) is 0 Å². The van der Waals surface area contributed by atoms with E-state index in [2.05, 4.69) is 25.2 Å². The maximum Gasteiger partial charge on any atom is 0.297 e. The molecule has 1 fully saturated rings. The average molecular weight is 369 g/mol. The van der Waals surface area contributed by atoms with Crippen LogP contribution < -0.4 is 10.2 Å². The number of alkyl halides is 2. The molecule has 4 rings (SSSR count). The standard InChI is InChI=1S/C20H21F2N5/c1-13-5-4-8-17(23-13)24-14-9-11-27(12-10-14)20-15-6-2-3-7-16(15)25-19(26-20)18(21)22/h2-8,14,18H,9-12H2,1H3,(H,23,24). The molecule has 3 aromatic rings. The van der Waals surface area contributed by atoms with Gasteiger partial charge in [-0.25, -0.2) is 23.7 Å². The van der Waals surface area contributed by atoms with Crippen LogP contribution in [0.15, 0.2) is 42.5 Å². The van der Waals surface area contributed by atoms with Crippen molar-refractivity contribution in [2.45, 2.75) is 32.2 Å². The molecule has 1 N–H and O–H groups in total. The van der Waals surface area contributed by atoms with Crippen LogP contribution in [-0.4, -0.2) is 34.1 Å². The van der Waals surface area contributed by atoms with Crippen molar-refractivity contribution in [2.75, 3.05) is 23.3 Å². The Morgan fingerprint density at radius 3 is 2.52 bits per heavy atom. The first-order chi connectivity index (χ1) is 13.1. The van der Waals surface area contributed by atoms with E-state index < -0.39 is 12.2 Å². The summed E-state index contributed by atoms with van der Waals surface area (Å²) in [6.07, 6.45) is -0.907. The Bertz CT molecular complexity index is 939. The molecular formula is C20H21F2N5. The van der Waals surface area contributed by atoms with E-state index in [0.717, 1.165) is 42.8 Å². The molecule has 140 valence electrons. The third-order valence-electron chi connectivity index (χ3n) is 4.83. The van der Waals surface area contributed by atoms with Crippen molar-refractivity contribution >= 4 is 22.5 Å². The fraction of sp³-hybridized carbons (Fsp3) is 0.350. The predicted octanol–water partition coefficient (Wildman–Crippen LogP) is 4.35. The van der Waals surface area contributed by atoms with Crippen LogP contribution in [0.25, 0.3) is 10.9 Å². The first-order valence-electron chi connectivity index (χ1n) is 9.10. The molecule has 5 nitrogen and oxygen atoms in total. The molecule has 0 amide bonds. The number of anilines is 2. The van der Waals surface area contributed by atoms with Gasteiger partial charge in [-0.3, -0.25) is 0 Å². The highest BCUT2D eigenvalue weighted by Gasteiger charge is 2.24. The second-order valence-corrected chi connectivity index (χ2v) is 6.79. The van der Waals surface area contributed by atoms with Crippen LogP contribution in [0.5, 0.6) is 0 Å². The number of fused-ring (bicyclic) bond motifs is 1. The number of aromatic nitrogens is 3. The maximum absolute atomic E-state index is 13.2. The van der Waals surface area contributed by atoms with E-state index in [1.54, 1.807) is 12.1 Å². The summed E-state index contributed by atoms with van der Waals surface area (Å²) in [5.41, 5.74) is 1.53. The fourth-order valence-electron chi connectivity index (χ4n) is 3.48. The van der Waals surface area contributed by atoms with Gasteiger partial charge in [0.25, 0.3) is 6.43 Å². The first-order valence-corrected chi connectivity index (χ1v) is 9.10. The minimum absolute atomic E-state index is 0.304. The van der Waals surface area contributed by atoms with Crippen molar-refractivity contribution < 1.29 is 8.78 Å². The third-order valence-corrected chi connectivity index (χ3v) is 4.83. The highest BCUT2D eigenvalue weighted by molar-refractivity contribution is 5.89. The first kappa shape index (κ1) is 17.6. The molecule has 2 aromatic heterocycles. The quantitative estimate of drug-likeness (QED) is 0.741. The van der Waals surface area contributed by atoms with Crippen LogP contribution in [0.1, 0.15) is 30.8 Å². The lowest BCUT2D eigenvalue weighted by Crippen LogP contribution is -2.40. The van der Waals surface area contributed by atoms with Gasteiger partial charge in [0.1, 0.15) is 11.6 Å². The lowest BCUT2D eigenvalue weighted by Gasteiger charge is -2.34. The molecule has 0 atom stereocenters. The summed E-state index contributed by atoms with van der Waals surface area (Å²) in [7, 11) is 0. The predicted molar refractivity (Wildman–Crippen MR) is 102 cm³/mol. The summed E-state index contributed by atoms with van der Waals surface area (Å²) in [6.45, 7) is 3.45. The summed E-state index contributed by atoms with van der Waals surface area (Å²) in [4.78, 5) is 14.7. The van der Waals surface area contributed by atoms with Gasteiger partial charge in [-0.1, -0.05) is 18.2 Å². The van der Waals surface area contributed by atoms with Gasteiger partial charge in [-0.15, -0.1) is 0 Å². The fourth-order valence-corrected chi connectivity index (χ4v) is 3.48. The molecule has 7 heteroatoms. The van der Waals surface area contributed by atoms with Gasteiger partial charge in [0.15, 0.2) is 5.82 Å². The number of para-hydroxylation sites is 1. The molecular weight excluding hydrogens is 348 g/mol. The molecule has 1 aromatic carbocycles. The highest BCUT2D eigenvalue weighted by Crippen LogP contribution is 2.29. The Labute approximate surface area is 156 Å². The zero-order valence-electron chi connectivity index (χ0n) is 15.1. The van der Waals surface area contributed by atoms with Gasteiger partial charge < -0.3 is 10.2 Å². The van der Waals surface area contributed by atoms with Crippen molar-refractivity contribution in [3.8, 4) is 0 Å². The molecule has 3 heterocycles. The molecule has 1 aliphatic rings. The summed E-state index contributed by atoms with van der Waals surface area (Å²) < 4.78 is 26.4. The number of halogens is 2. The van der Waals surface area contributed by atoms with E-state index in [-0.39, 0.29) is 0 Å². The topological polar surface area (TPSA) is 53.9 Å². The van der Waals surface area contributed by atoms with Crippen LogP contribution in [0.3, 0.4) is 0 Å². The van der Waals surface area contributed by atoms with Crippen LogP contribution in [0.2, 0.25) is 0 Å². The zero-order chi connectivity index (χ0) is 18.8. The van der Waals surface area contributed by atoms with Gasteiger partial charge >= 0.3 is 0 Å². The summed E-state index contributed by atoms with van der Waals surface area (Å²) >= 11 is 0. The number of piperidine rings is 1. The molecule has 1 aliphatic heterocycles. The largest absolute Gasteiger partial charge is 0.367 e. The second kappa shape index (κ2) is 7.42. The highest BCUT2D eigenvalue weighted by atomic mass is 19.3. The Kier molecular flexibility index (Phi) is 4.83. The molecule has 0 radical (unpaired) electrons. The lowest BCUT2D eigenvalue weighted by molar-refractivity contribution is 0.141. The molecule has 0 bridgehead atoms. The van der Waals surface area contributed by atoms with E-state index in [1.807, 2.05) is 37.3 Å². The van der Waals surface area contributed by atoms with Gasteiger partial charge in [-0.05, 0) is 44.0 Å². The molecule has 27 heavy (non-hydrogen) atoms. The monoisotopic (exact) mass is 369 g/mol. The van der Waals surface area contributed by atoms with Gasteiger partial charge in [0, 0.05) is 30.2 Å². The van der Waals surface area contributed by atoms with Crippen LogP contribution in [-0.2, 0) is 0 Å². The molecule has 0 aliphatic carbocycles. The number of pyridine rings is 1. The summed E-state index contributed by atoms with van der Waals surface area (Å²) in [5, 5.41) is 4.28. The number of nitrogens with one attached hydrogen (secondary N) is 1. The second-order valence-electron chi connectivity index (χ2n) is 6.79. The Hall–Kier alpha value is -2.83. The number of benzene rings is 1. The normalized spacial score (nSPS) is 15.5. The third kappa shape index (κ3) is 3.82. The van der Waals surface area contributed by atoms with Crippen molar-refractivity contribution in [1.29, 1.82) is 0 Å². The summed E-state index contributed by atoms with van der Waals surface area (Å²) in [5.74, 6) is 1.07. The maximum atomic E-state index is 13.2. The SMILES string of the molecule is Cc1cccc(NC2CCN(c3nc(C(F)F)nc4ccccc34)CC2)n1. The van der Waals surface area contributed by atoms with Crippen molar-refractivity contribution in [1.82, 2.24) is 15.0 Å². The Morgan fingerprint density at radius 1 is 1.00 bits per heavy atom. The van der Waals surface area contributed by atoms with Crippen LogP contribution in [0.4, 0.5) is 20.4 Å². The molecule has 1 saturated heterocycles. The minimum Gasteiger partial charge on any atom is -0.367 e. The Balaban J connectivity index is 1.52. The van der Waals surface area contributed by atoms with E-state index in [1.165, 1.54) is 0 Å². The van der Waals surface area contributed by atoms with Gasteiger partial charge in [0.05, 0.1) is 5.52 Å². The van der Waals surface area contributed by atoms with Crippen LogP contribution >= 0.6 is 0 Å². The average Bonchev–Trinajstić information content (AvgIpc) is 2.68. The molecule has 0 saturated carbocycles.